The number of morpholine rings is 1. The molecule has 0 aromatic carbocycles. The van der Waals surface area contributed by atoms with Crippen LogP contribution in [0.5, 0.6) is 0 Å². The lowest BCUT2D eigenvalue weighted by molar-refractivity contribution is -0.0185. The zero-order valence-electron chi connectivity index (χ0n) is 8.33. The van der Waals surface area contributed by atoms with Crippen LogP contribution in [0.25, 0.3) is 0 Å². The third-order valence-electron chi connectivity index (χ3n) is 2.34. The summed E-state index contributed by atoms with van der Waals surface area (Å²) in [4.78, 5) is 2.42. The summed E-state index contributed by atoms with van der Waals surface area (Å²) in [6.07, 6.45) is 3.24. The van der Waals surface area contributed by atoms with Crippen molar-refractivity contribution in [3.8, 4) is 6.07 Å². The zero-order valence-corrected chi connectivity index (χ0v) is 8.33. The third-order valence-corrected chi connectivity index (χ3v) is 2.34. The van der Waals surface area contributed by atoms with Crippen molar-refractivity contribution in [1.82, 2.24) is 4.90 Å². The maximum Gasteiger partial charge on any atom is 0.0674 e. The Morgan fingerprint density at radius 1 is 1.54 bits per heavy atom. The Morgan fingerprint density at radius 3 is 3.08 bits per heavy atom. The molecule has 1 rings (SSSR count). The van der Waals surface area contributed by atoms with E-state index in [4.69, 9.17) is 10.00 Å². The maximum absolute atomic E-state index is 8.36. The molecule has 1 saturated heterocycles. The van der Waals surface area contributed by atoms with Gasteiger partial charge < -0.3 is 4.74 Å². The highest BCUT2D eigenvalue weighted by Crippen LogP contribution is 2.06. The molecule has 0 saturated carbocycles. The van der Waals surface area contributed by atoms with Crippen molar-refractivity contribution in [2.45, 2.75) is 32.3 Å². The molecule has 1 aliphatic rings. The van der Waals surface area contributed by atoms with Crippen molar-refractivity contribution < 1.29 is 4.74 Å². The van der Waals surface area contributed by atoms with E-state index in [0.29, 0.717) is 12.5 Å². The van der Waals surface area contributed by atoms with E-state index in [1.165, 1.54) is 0 Å². The largest absolute Gasteiger partial charge is 0.376 e. The Balaban J connectivity index is 2.04. The summed E-state index contributed by atoms with van der Waals surface area (Å²) < 4.78 is 5.44. The Morgan fingerprint density at radius 2 is 2.38 bits per heavy atom. The molecule has 0 radical (unpaired) electrons. The molecule has 0 bridgehead atoms. The van der Waals surface area contributed by atoms with Crippen LogP contribution in [0, 0.1) is 11.3 Å². The fraction of sp³-hybridized carbons (Fsp3) is 0.900. The lowest BCUT2D eigenvalue weighted by atomic mass is 10.2. The number of hydrogen-bond donors (Lipinski definition) is 0. The van der Waals surface area contributed by atoms with E-state index in [9.17, 15) is 0 Å². The molecule has 1 atom stereocenters. The van der Waals surface area contributed by atoms with Gasteiger partial charge in [0.05, 0.1) is 18.8 Å². The minimum absolute atomic E-state index is 0.379. The van der Waals surface area contributed by atoms with E-state index in [2.05, 4.69) is 17.9 Å². The molecular formula is C10H18N2O. The first-order chi connectivity index (χ1) is 6.33. The zero-order chi connectivity index (χ0) is 9.52. The number of hydrogen-bond acceptors (Lipinski definition) is 3. The van der Waals surface area contributed by atoms with Gasteiger partial charge in [-0.1, -0.05) is 0 Å². The van der Waals surface area contributed by atoms with Gasteiger partial charge >= 0.3 is 0 Å². The molecular weight excluding hydrogens is 164 g/mol. The molecule has 0 N–H and O–H groups in total. The second-order valence-corrected chi connectivity index (χ2v) is 3.60. The summed E-state index contributed by atoms with van der Waals surface area (Å²) in [6.45, 7) is 6.19. The van der Waals surface area contributed by atoms with Gasteiger partial charge in [0.2, 0.25) is 0 Å². The van der Waals surface area contributed by atoms with Crippen molar-refractivity contribution in [2.24, 2.45) is 0 Å². The fourth-order valence-corrected chi connectivity index (χ4v) is 1.63. The van der Waals surface area contributed by atoms with Crippen molar-refractivity contribution in [3.05, 3.63) is 0 Å². The number of ether oxygens (including phenoxy) is 1. The van der Waals surface area contributed by atoms with Crippen LogP contribution < -0.4 is 0 Å². The Labute approximate surface area is 80.3 Å². The van der Waals surface area contributed by atoms with Crippen LogP contribution >= 0.6 is 0 Å². The summed E-state index contributed by atoms with van der Waals surface area (Å²) in [5.41, 5.74) is 0. The molecule has 0 spiro atoms. The van der Waals surface area contributed by atoms with Gasteiger partial charge in [0, 0.05) is 19.5 Å². The first-order valence-electron chi connectivity index (χ1n) is 5.04. The quantitative estimate of drug-likeness (QED) is 0.617. The van der Waals surface area contributed by atoms with Crippen LogP contribution in [0.15, 0.2) is 0 Å². The second-order valence-electron chi connectivity index (χ2n) is 3.60. The number of unbranched alkanes of at least 4 members (excludes halogenated alkanes) is 2. The van der Waals surface area contributed by atoms with E-state index in [0.717, 1.165) is 39.1 Å². The lowest BCUT2D eigenvalue weighted by Gasteiger charge is -2.30. The minimum atomic E-state index is 0.379. The molecule has 0 aromatic heterocycles. The smallest absolute Gasteiger partial charge is 0.0674 e. The van der Waals surface area contributed by atoms with Gasteiger partial charge in [0.25, 0.3) is 0 Å². The Hall–Kier alpha value is -0.590. The summed E-state index contributed by atoms with van der Waals surface area (Å²) in [5.74, 6) is 0. The lowest BCUT2D eigenvalue weighted by Crippen LogP contribution is -2.41. The molecule has 1 heterocycles. The first-order valence-corrected chi connectivity index (χ1v) is 5.04. The van der Waals surface area contributed by atoms with Crippen molar-refractivity contribution in [3.63, 3.8) is 0 Å². The van der Waals surface area contributed by atoms with Crippen LogP contribution in [0.4, 0.5) is 0 Å². The van der Waals surface area contributed by atoms with E-state index in [1.54, 1.807) is 0 Å². The van der Waals surface area contributed by atoms with Gasteiger partial charge in [-0.15, -0.1) is 0 Å². The minimum Gasteiger partial charge on any atom is -0.376 e. The highest BCUT2D eigenvalue weighted by atomic mass is 16.5. The second kappa shape index (κ2) is 5.95. The topological polar surface area (TPSA) is 36.3 Å². The predicted octanol–water partition coefficient (Wildman–Crippen LogP) is 1.40. The van der Waals surface area contributed by atoms with Crippen LogP contribution in [-0.4, -0.2) is 37.2 Å². The van der Waals surface area contributed by atoms with Gasteiger partial charge in [0.15, 0.2) is 0 Å². The van der Waals surface area contributed by atoms with Crippen molar-refractivity contribution in [2.75, 3.05) is 26.2 Å². The van der Waals surface area contributed by atoms with Gasteiger partial charge in [-0.3, -0.25) is 4.90 Å². The molecule has 13 heavy (non-hydrogen) atoms. The summed E-state index contributed by atoms with van der Waals surface area (Å²) in [7, 11) is 0. The molecule has 3 nitrogen and oxygen atoms in total. The highest BCUT2D eigenvalue weighted by molar-refractivity contribution is 4.71. The average molecular weight is 182 g/mol. The maximum atomic E-state index is 8.36. The normalized spacial score (nSPS) is 24.2. The van der Waals surface area contributed by atoms with Crippen LogP contribution in [-0.2, 0) is 4.74 Å². The molecule has 0 amide bonds. The molecule has 1 aliphatic heterocycles. The van der Waals surface area contributed by atoms with E-state index >= 15 is 0 Å². The summed E-state index contributed by atoms with van der Waals surface area (Å²) in [6, 6.07) is 2.17. The molecule has 0 aromatic rings. The molecule has 1 fully saturated rings. The molecule has 1 unspecified atom stereocenters. The van der Waals surface area contributed by atoms with Crippen molar-refractivity contribution >= 4 is 0 Å². The van der Waals surface area contributed by atoms with Crippen molar-refractivity contribution in [1.29, 1.82) is 5.26 Å². The van der Waals surface area contributed by atoms with E-state index in [1.807, 2.05) is 0 Å². The van der Waals surface area contributed by atoms with E-state index < -0.39 is 0 Å². The highest BCUT2D eigenvalue weighted by Gasteiger charge is 2.15. The van der Waals surface area contributed by atoms with Gasteiger partial charge in [-0.2, -0.15) is 5.26 Å². The number of rotatable bonds is 4. The standard InChI is InChI=1S/C10H18N2O/c1-10-9-12(7-8-13-10)6-4-2-3-5-11/h10H,2-4,6-9H2,1H3. The van der Waals surface area contributed by atoms with Crippen LogP contribution in [0.3, 0.4) is 0 Å². The Bertz CT molecular complexity index is 176. The molecule has 3 heteroatoms. The fourth-order valence-electron chi connectivity index (χ4n) is 1.63. The Kier molecular flexibility index (Phi) is 4.81. The predicted molar refractivity (Wildman–Crippen MR) is 51.3 cm³/mol. The monoisotopic (exact) mass is 182 g/mol. The molecule has 0 aliphatic carbocycles. The molecule has 74 valence electrons. The van der Waals surface area contributed by atoms with E-state index in [-0.39, 0.29) is 0 Å². The summed E-state index contributed by atoms with van der Waals surface area (Å²) in [5, 5.41) is 8.36. The van der Waals surface area contributed by atoms with Gasteiger partial charge in [0.1, 0.15) is 0 Å². The van der Waals surface area contributed by atoms with Gasteiger partial charge in [-0.05, 0) is 26.3 Å². The third kappa shape index (κ3) is 4.25. The average Bonchev–Trinajstić information content (AvgIpc) is 2.13. The number of nitrogens with zero attached hydrogens (tertiary/aromatic N) is 2. The van der Waals surface area contributed by atoms with Crippen LogP contribution in [0.1, 0.15) is 26.2 Å². The first kappa shape index (κ1) is 10.5. The number of nitriles is 1. The SMILES string of the molecule is CC1CN(CCCCC#N)CCO1. The summed E-state index contributed by atoms with van der Waals surface area (Å²) >= 11 is 0. The van der Waals surface area contributed by atoms with Gasteiger partial charge in [-0.25, -0.2) is 0 Å². The van der Waals surface area contributed by atoms with Crippen LogP contribution in [0.2, 0.25) is 0 Å².